The molecule has 2 aromatic rings. The Hall–Kier alpha value is -2.36. The monoisotopic (exact) mass is 310 g/mol. The van der Waals surface area contributed by atoms with Crippen molar-refractivity contribution in [2.24, 2.45) is 5.92 Å². The molecule has 1 atom stereocenters. The van der Waals surface area contributed by atoms with Gasteiger partial charge in [0.2, 0.25) is 0 Å². The highest BCUT2D eigenvalue weighted by Crippen LogP contribution is 2.24. The number of rotatable bonds is 2. The van der Waals surface area contributed by atoms with E-state index in [0.717, 1.165) is 47.3 Å². The maximum atomic E-state index is 12.5. The summed E-state index contributed by atoms with van der Waals surface area (Å²) in [6.07, 6.45) is 2.87. The molecule has 1 aliphatic carbocycles. The first-order valence-corrected chi connectivity index (χ1v) is 8.07. The van der Waals surface area contributed by atoms with E-state index in [1.807, 2.05) is 32.0 Å². The van der Waals surface area contributed by atoms with E-state index in [-0.39, 0.29) is 17.0 Å². The normalized spacial score (nSPS) is 16.7. The second-order valence-corrected chi connectivity index (χ2v) is 6.64. The van der Waals surface area contributed by atoms with Crippen LogP contribution in [-0.2, 0) is 12.8 Å². The minimum Gasteiger partial charge on any atom is -0.325 e. The largest absolute Gasteiger partial charge is 0.325 e. The third kappa shape index (κ3) is 3.21. The molecule has 0 spiro atoms. The molecule has 0 radical (unpaired) electrons. The average Bonchev–Trinajstić information content (AvgIpc) is 2.49. The maximum absolute atomic E-state index is 12.5. The van der Waals surface area contributed by atoms with Crippen LogP contribution in [0.15, 0.2) is 29.1 Å². The van der Waals surface area contributed by atoms with Gasteiger partial charge >= 0.3 is 0 Å². The Bertz CT molecular complexity index is 821. The fourth-order valence-electron chi connectivity index (χ4n) is 3.20. The molecule has 1 aromatic carbocycles. The summed E-state index contributed by atoms with van der Waals surface area (Å²) in [7, 11) is 0. The Kier molecular flexibility index (Phi) is 4.07. The van der Waals surface area contributed by atoms with Gasteiger partial charge in [0.1, 0.15) is 5.56 Å². The second-order valence-electron chi connectivity index (χ2n) is 6.64. The standard InChI is InChI=1S/C19H22N2O2/c1-11-4-6-16(13(3)8-11)20-18(22)15-10-14-9-12(2)5-7-17(14)21-19(15)23/h4,6,8,10,12H,5,7,9H2,1-3H3,(H,20,22)(H,21,23). The Morgan fingerprint density at radius 3 is 2.78 bits per heavy atom. The molecule has 1 unspecified atom stereocenters. The van der Waals surface area contributed by atoms with Crippen LogP contribution in [0.1, 0.15) is 46.1 Å². The lowest BCUT2D eigenvalue weighted by Crippen LogP contribution is -2.27. The Labute approximate surface area is 135 Å². The topological polar surface area (TPSA) is 62.0 Å². The summed E-state index contributed by atoms with van der Waals surface area (Å²) in [6.45, 7) is 6.15. The smallest absolute Gasteiger partial charge is 0.261 e. The minimum atomic E-state index is -0.348. The number of amides is 1. The van der Waals surface area contributed by atoms with Crippen LogP contribution in [-0.4, -0.2) is 10.9 Å². The summed E-state index contributed by atoms with van der Waals surface area (Å²) >= 11 is 0. The number of pyridine rings is 1. The Balaban J connectivity index is 1.90. The van der Waals surface area contributed by atoms with Crippen LogP contribution >= 0.6 is 0 Å². The van der Waals surface area contributed by atoms with Gasteiger partial charge in [-0.3, -0.25) is 9.59 Å². The van der Waals surface area contributed by atoms with Crippen LogP contribution in [0.25, 0.3) is 0 Å². The molecule has 3 rings (SSSR count). The number of carbonyl (C=O) groups excluding carboxylic acids is 1. The number of carbonyl (C=O) groups is 1. The number of hydrogen-bond acceptors (Lipinski definition) is 2. The van der Waals surface area contributed by atoms with Crippen LogP contribution in [0.3, 0.4) is 0 Å². The molecule has 1 amide bonds. The molecule has 0 aliphatic heterocycles. The molecular formula is C19H22N2O2. The van der Waals surface area contributed by atoms with Gasteiger partial charge in [-0.2, -0.15) is 0 Å². The van der Waals surface area contributed by atoms with Crippen molar-refractivity contribution in [1.29, 1.82) is 0 Å². The fourth-order valence-corrected chi connectivity index (χ4v) is 3.20. The molecule has 1 aliphatic rings. The van der Waals surface area contributed by atoms with E-state index in [0.29, 0.717) is 5.92 Å². The summed E-state index contributed by atoms with van der Waals surface area (Å²) in [5.74, 6) is 0.239. The lowest BCUT2D eigenvalue weighted by Gasteiger charge is -2.21. The van der Waals surface area contributed by atoms with Crippen molar-refractivity contribution in [1.82, 2.24) is 4.98 Å². The first-order valence-electron chi connectivity index (χ1n) is 8.07. The van der Waals surface area contributed by atoms with Gasteiger partial charge in [0.15, 0.2) is 0 Å². The molecule has 4 nitrogen and oxygen atoms in total. The average molecular weight is 310 g/mol. The van der Waals surface area contributed by atoms with Crippen molar-refractivity contribution in [2.75, 3.05) is 5.32 Å². The number of fused-ring (bicyclic) bond motifs is 1. The van der Waals surface area contributed by atoms with E-state index < -0.39 is 0 Å². The molecule has 23 heavy (non-hydrogen) atoms. The molecule has 0 saturated carbocycles. The highest BCUT2D eigenvalue weighted by Gasteiger charge is 2.20. The highest BCUT2D eigenvalue weighted by atomic mass is 16.2. The summed E-state index contributed by atoms with van der Waals surface area (Å²) in [5.41, 5.74) is 4.83. The van der Waals surface area contributed by atoms with Crippen LogP contribution in [0.4, 0.5) is 5.69 Å². The molecule has 0 bridgehead atoms. The van der Waals surface area contributed by atoms with Crippen LogP contribution in [0.2, 0.25) is 0 Å². The number of nitrogens with one attached hydrogen (secondary N) is 2. The van der Waals surface area contributed by atoms with Gasteiger partial charge in [0, 0.05) is 11.4 Å². The summed E-state index contributed by atoms with van der Waals surface area (Å²) in [5, 5.41) is 2.85. The van der Waals surface area contributed by atoms with Gasteiger partial charge in [-0.05, 0) is 62.3 Å². The zero-order valence-corrected chi connectivity index (χ0v) is 13.8. The molecule has 120 valence electrons. The number of anilines is 1. The number of hydrogen-bond donors (Lipinski definition) is 2. The van der Waals surface area contributed by atoms with E-state index in [4.69, 9.17) is 0 Å². The first kappa shape index (κ1) is 15.5. The predicted octanol–water partition coefficient (Wildman–Crippen LogP) is 3.37. The molecule has 0 saturated heterocycles. The predicted molar refractivity (Wildman–Crippen MR) is 92.1 cm³/mol. The van der Waals surface area contributed by atoms with Crippen molar-refractivity contribution >= 4 is 11.6 Å². The Morgan fingerprint density at radius 2 is 2.04 bits per heavy atom. The van der Waals surface area contributed by atoms with Gasteiger partial charge in [0.05, 0.1) is 0 Å². The number of aryl methyl sites for hydroxylation is 3. The van der Waals surface area contributed by atoms with Crippen LogP contribution in [0, 0.1) is 19.8 Å². The second kappa shape index (κ2) is 6.03. The molecule has 1 aromatic heterocycles. The third-order valence-electron chi connectivity index (χ3n) is 4.55. The van der Waals surface area contributed by atoms with Crippen LogP contribution in [0.5, 0.6) is 0 Å². The maximum Gasteiger partial charge on any atom is 0.261 e. The summed E-state index contributed by atoms with van der Waals surface area (Å²) in [4.78, 5) is 27.6. The molecule has 0 fully saturated rings. The number of aromatic nitrogens is 1. The minimum absolute atomic E-state index is 0.192. The number of aromatic amines is 1. The third-order valence-corrected chi connectivity index (χ3v) is 4.55. The van der Waals surface area contributed by atoms with E-state index in [9.17, 15) is 9.59 Å². The van der Waals surface area contributed by atoms with Crippen molar-refractivity contribution in [3.8, 4) is 0 Å². The van der Waals surface area contributed by atoms with E-state index in [1.54, 1.807) is 6.07 Å². The van der Waals surface area contributed by atoms with Crippen LogP contribution < -0.4 is 10.9 Å². The molecule has 2 N–H and O–H groups in total. The summed E-state index contributed by atoms with van der Waals surface area (Å²) < 4.78 is 0. The van der Waals surface area contributed by atoms with E-state index in [1.165, 1.54) is 0 Å². The van der Waals surface area contributed by atoms with Gasteiger partial charge in [-0.15, -0.1) is 0 Å². The molecule has 1 heterocycles. The van der Waals surface area contributed by atoms with E-state index in [2.05, 4.69) is 17.2 Å². The quantitative estimate of drug-likeness (QED) is 0.893. The van der Waals surface area contributed by atoms with Gasteiger partial charge in [0.25, 0.3) is 11.5 Å². The fraction of sp³-hybridized carbons (Fsp3) is 0.368. The van der Waals surface area contributed by atoms with Crippen molar-refractivity contribution in [2.45, 2.75) is 40.0 Å². The zero-order valence-electron chi connectivity index (χ0n) is 13.8. The molecule has 4 heteroatoms. The first-order chi connectivity index (χ1) is 10.9. The van der Waals surface area contributed by atoms with Crippen molar-refractivity contribution in [3.63, 3.8) is 0 Å². The number of H-pyrrole nitrogens is 1. The van der Waals surface area contributed by atoms with E-state index >= 15 is 0 Å². The lowest BCUT2D eigenvalue weighted by atomic mass is 9.87. The highest BCUT2D eigenvalue weighted by molar-refractivity contribution is 6.04. The SMILES string of the molecule is Cc1ccc(NC(=O)c2cc3c([nH]c2=O)CCC(C)C3)c(C)c1. The van der Waals surface area contributed by atoms with Crippen molar-refractivity contribution < 1.29 is 4.79 Å². The number of benzene rings is 1. The van der Waals surface area contributed by atoms with Gasteiger partial charge in [-0.25, -0.2) is 0 Å². The Morgan fingerprint density at radius 1 is 1.26 bits per heavy atom. The van der Waals surface area contributed by atoms with Gasteiger partial charge in [-0.1, -0.05) is 24.6 Å². The zero-order chi connectivity index (χ0) is 16.6. The molecular weight excluding hydrogens is 288 g/mol. The lowest BCUT2D eigenvalue weighted by molar-refractivity contribution is 0.102. The summed E-state index contributed by atoms with van der Waals surface area (Å²) in [6, 6.07) is 7.59. The van der Waals surface area contributed by atoms with Crippen molar-refractivity contribution in [3.05, 3.63) is 62.6 Å². The van der Waals surface area contributed by atoms with Gasteiger partial charge < -0.3 is 10.3 Å².